The average Bonchev–Trinajstić information content (AvgIpc) is 2.89. The van der Waals surface area contributed by atoms with Crippen LogP contribution in [0.15, 0.2) is 65.6 Å². The monoisotopic (exact) mass is 637 g/mol. The van der Waals surface area contributed by atoms with Crippen LogP contribution in [0.4, 0.5) is 5.69 Å². The molecule has 1 atom stereocenters. The van der Waals surface area contributed by atoms with E-state index >= 15 is 0 Å². The summed E-state index contributed by atoms with van der Waals surface area (Å²) in [7, 11) is -4.20. The van der Waals surface area contributed by atoms with Crippen LogP contribution >= 0.6 is 34.8 Å². The Hall–Kier alpha value is -2.78. The summed E-state index contributed by atoms with van der Waals surface area (Å²) in [6, 6.07) is 14.8. The van der Waals surface area contributed by atoms with Crippen molar-refractivity contribution in [2.24, 2.45) is 0 Å². The number of aryl methyl sites for hydroxylation is 2. The summed E-state index contributed by atoms with van der Waals surface area (Å²) in [5, 5.41) is 4.00. The molecule has 41 heavy (non-hydrogen) atoms. The lowest BCUT2D eigenvalue weighted by Crippen LogP contribution is -2.53. The van der Waals surface area contributed by atoms with Gasteiger partial charge in [0.25, 0.3) is 10.0 Å². The molecular formula is C30H34Cl3N3O4S. The van der Waals surface area contributed by atoms with E-state index in [9.17, 15) is 18.0 Å². The minimum Gasteiger partial charge on any atom is -0.352 e. The second-order valence-corrected chi connectivity index (χ2v) is 13.2. The van der Waals surface area contributed by atoms with E-state index in [0.29, 0.717) is 32.7 Å². The molecule has 0 aliphatic rings. The molecule has 0 saturated heterocycles. The van der Waals surface area contributed by atoms with Crippen molar-refractivity contribution in [2.45, 2.75) is 64.6 Å². The maximum Gasteiger partial charge on any atom is 0.264 e. The topological polar surface area (TPSA) is 86.8 Å². The summed E-state index contributed by atoms with van der Waals surface area (Å²) in [6.45, 7) is 8.65. The van der Waals surface area contributed by atoms with Crippen LogP contribution in [-0.2, 0) is 26.2 Å². The summed E-state index contributed by atoms with van der Waals surface area (Å²) in [4.78, 5) is 28.7. The van der Waals surface area contributed by atoms with Crippen LogP contribution < -0.4 is 9.62 Å². The summed E-state index contributed by atoms with van der Waals surface area (Å²) in [5.41, 5.74) is 2.72. The second-order valence-electron chi connectivity index (χ2n) is 10.1. The van der Waals surface area contributed by atoms with E-state index in [2.05, 4.69) is 5.32 Å². The highest BCUT2D eigenvalue weighted by molar-refractivity contribution is 7.92. The van der Waals surface area contributed by atoms with Crippen molar-refractivity contribution in [1.29, 1.82) is 0 Å². The number of nitrogens with zero attached hydrogens (tertiary/aromatic N) is 2. The number of carbonyl (C=O) groups excluding carboxylic acids is 2. The zero-order valence-corrected chi connectivity index (χ0v) is 26.7. The molecule has 0 unspecified atom stereocenters. The van der Waals surface area contributed by atoms with Gasteiger partial charge >= 0.3 is 0 Å². The molecule has 0 spiro atoms. The fraction of sp³-hybridized carbons (Fsp3) is 0.333. The maximum atomic E-state index is 14.1. The fourth-order valence-corrected chi connectivity index (χ4v) is 6.28. The number of sulfonamides is 1. The lowest BCUT2D eigenvalue weighted by molar-refractivity contribution is -0.140. The molecule has 11 heteroatoms. The molecule has 0 aromatic heterocycles. The van der Waals surface area contributed by atoms with Gasteiger partial charge in [-0.15, -0.1) is 0 Å². The molecule has 0 aliphatic heterocycles. The lowest BCUT2D eigenvalue weighted by Gasteiger charge is -2.34. The number of rotatable bonds is 11. The Bertz CT molecular complexity index is 1510. The smallest absolute Gasteiger partial charge is 0.264 e. The molecule has 0 aliphatic carbocycles. The van der Waals surface area contributed by atoms with Gasteiger partial charge in [-0.1, -0.05) is 53.9 Å². The Morgan fingerprint density at radius 2 is 1.51 bits per heavy atom. The number of anilines is 1. The maximum absolute atomic E-state index is 14.1. The Morgan fingerprint density at radius 1 is 0.878 bits per heavy atom. The Morgan fingerprint density at radius 3 is 2.07 bits per heavy atom. The quantitative estimate of drug-likeness (QED) is 0.251. The van der Waals surface area contributed by atoms with Crippen LogP contribution in [0, 0.1) is 13.8 Å². The third kappa shape index (κ3) is 8.16. The van der Waals surface area contributed by atoms with Crippen LogP contribution in [-0.4, -0.2) is 43.8 Å². The van der Waals surface area contributed by atoms with E-state index in [1.165, 1.54) is 29.2 Å². The van der Waals surface area contributed by atoms with Gasteiger partial charge in [-0.2, -0.15) is 0 Å². The van der Waals surface area contributed by atoms with Crippen molar-refractivity contribution in [3.05, 3.63) is 92.4 Å². The molecule has 2 amide bonds. The molecule has 1 N–H and O–H groups in total. The van der Waals surface area contributed by atoms with Crippen LogP contribution in [0.2, 0.25) is 15.1 Å². The average molecular weight is 639 g/mol. The van der Waals surface area contributed by atoms with E-state index in [-0.39, 0.29) is 23.4 Å². The van der Waals surface area contributed by atoms with Gasteiger partial charge in [0.2, 0.25) is 11.8 Å². The number of carbonyl (C=O) groups is 2. The summed E-state index contributed by atoms with van der Waals surface area (Å²) >= 11 is 18.5. The first-order chi connectivity index (χ1) is 19.2. The van der Waals surface area contributed by atoms with Gasteiger partial charge in [-0.05, 0) is 99.3 Å². The molecule has 0 radical (unpaired) electrons. The minimum absolute atomic E-state index is 0.0233. The van der Waals surface area contributed by atoms with Crippen molar-refractivity contribution in [3.8, 4) is 0 Å². The number of benzene rings is 3. The Balaban J connectivity index is 2.11. The van der Waals surface area contributed by atoms with Gasteiger partial charge in [0, 0.05) is 27.7 Å². The van der Waals surface area contributed by atoms with Crippen LogP contribution in [0.3, 0.4) is 0 Å². The van der Waals surface area contributed by atoms with Crippen LogP contribution in [0.25, 0.3) is 0 Å². The first-order valence-corrected chi connectivity index (χ1v) is 15.7. The summed E-state index contributed by atoms with van der Waals surface area (Å²) < 4.78 is 29.0. The molecule has 7 nitrogen and oxygen atoms in total. The lowest BCUT2D eigenvalue weighted by atomic mass is 10.1. The summed E-state index contributed by atoms with van der Waals surface area (Å²) in [5.74, 6) is -0.920. The van der Waals surface area contributed by atoms with Crippen molar-refractivity contribution >= 4 is 62.3 Å². The molecule has 3 aromatic rings. The highest BCUT2D eigenvalue weighted by Gasteiger charge is 2.34. The van der Waals surface area contributed by atoms with Crippen LogP contribution in [0.1, 0.15) is 43.9 Å². The summed E-state index contributed by atoms with van der Waals surface area (Å²) in [6.07, 6.45) is 0.295. The predicted molar refractivity (Wildman–Crippen MR) is 166 cm³/mol. The van der Waals surface area contributed by atoms with E-state index in [1.54, 1.807) is 43.3 Å². The third-order valence-electron chi connectivity index (χ3n) is 6.63. The first-order valence-electron chi connectivity index (χ1n) is 13.1. The zero-order chi connectivity index (χ0) is 30.5. The van der Waals surface area contributed by atoms with Crippen molar-refractivity contribution < 1.29 is 18.0 Å². The Kier molecular flexibility index (Phi) is 11.1. The predicted octanol–water partition coefficient (Wildman–Crippen LogP) is 6.79. The van der Waals surface area contributed by atoms with E-state index in [4.69, 9.17) is 34.8 Å². The number of nitrogens with one attached hydrogen (secondary N) is 1. The van der Waals surface area contributed by atoms with Gasteiger partial charge in [-0.3, -0.25) is 13.9 Å². The van der Waals surface area contributed by atoms with Crippen molar-refractivity contribution in [1.82, 2.24) is 10.2 Å². The SMILES string of the molecule is CC[C@@H](C(=O)NC(C)C)N(Cc1ccc(Cl)cc1Cl)C(=O)CN(c1ccc(C)c(C)c1)S(=O)(=O)c1ccc(Cl)cc1. The fourth-order valence-electron chi connectivity index (χ4n) is 4.28. The molecule has 3 rings (SSSR count). The van der Waals surface area contributed by atoms with Gasteiger partial charge in [0.05, 0.1) is 10.6 Å². The molecular weight excluding hydrogens is 605 g/mol. The molecule has 0 heterocycles. The highest BCUT2D eigenvalue weighted by Crippen LogP contribution is 2.28. The molecule has 0 bridgehead atoms. The van der Waals surface area contributed by atoms with E-state index in [0.717, 1.165) is 15.4 Å². The normalized spacial score (nSPS) is 12.2. The zero-order valence-electron chi connectivity index (χ0n) is 23.6. The molecule has 220 valence electrons. The standard InChI is InChI=1S/C30H34Cl3N3O4S/c1-6-28(30(38)34-19(2)3)35(17-22-8-9-24(32)16-27(22)33)29(37)18-36(25-12-7-20(4)21(5)15-25)41(39,40)26-13-10-23(31)11-14-26/h7-16,19,28H,6,17-18H2,1-5H3,(H,34,38)/t28-/m0/s1. The highest BCUT2D eigenvalue weighted by atomic mass is 35.5. The second kappa shape index (κ2) is 13.9. The van der Waals surface area contributed by atoms with Crippen molar-refractivity contribution in [3.63, 3.8) is 0 Å². The Labute approximate surface area is 257 Å². The molecule has 0 saturated carbocycles. The van der Waals surface area contributed by atoms with Gasteiger partial charge in [0.1, 0.15) is 12.6 Å². The first kappa shape index (κ1) is 32.7. The van der Waals surface area contributed by atoms with E-state index < -0.39 is 28.5 Å². The molecule has 3 aromatic carbocycles. The largest absolute Gasteiger partial charge is 0.352 e. The van der Waals surface area contributed by atoms with E-state index in [1.807, 2.05) is 27.7 Å². The van der Waals surface area contributed by atoms with Gasteiger partial charge < -0.3 is 10.2 Å². The molecule has 0 fully saturated rings. The van der Waals surface area contributed by atoms with Crippen molar-refractivity contribution in [2.75, 3.05) is 10.8 Å². The van der Waals surface area contributed by atoms with Gasteiger partial charge in [-0.25, -0.2) is 8.42 Å². The van der Waals surface area contributed by atoms with Gasteiger partial charge in [0.15, 0.2) is 0 Å². The van der Waals surface area contributed by atoms with Crippen LogP contribution in [0.5, 0.6) is 0 Å². The number of halogens is 3. The number of hydrogen-bond acceptors (Lipinski definition) is 4. The number of hydrogen-bond donors (Lipinski definition) is 1. The minimum atomic E-state index is -4.20. The number of amides is 2. The third-order valence-corrected chi connectivity index (χ3v) is 9.26.